The first kappa shape index (κ1) is 21.8. The van der Waals surface area contributed by atoms with E-state index in [1.165, 1.54) is 28.3 Å². The zero-order valence-corrected chi connectivity index (χ0v) is 18.4. The molecule has 0 fully saturated rings. The quantitative estimate of drug-likeness (QED) is 0.448. The van der Waals surface area contributed by atoms with Crippen LogP contribution in [0.5, 0.6) is 0 Å². The number of nitrogens with one attached hydrogen (secondary N) is 1. The van der Waals surface area contributed by atoms with Crippen LogP contribution in [0.4, 0.5) is 8.78 Å². The number of thiophene rings is 1. The van der Waals surface area contributed by atoms with Gasteiger partial charge in [0, 0.05) is 35.5 Å². The Bertz CT molecular complexity index is 1350. The van der Waals surface area contributed by atoms with Crippen molar-refractivity contribution in [3.63, 3.8) is 0 Å². The predicted molar refractivity (Wildman–Crippen MR) is 122 cm³/mol. The van der Waals surface area contributed by atoms with Crippen molar-refractivity contribution in [3.05, 3.63) is 87.3 Å². The minimum atomic E-state index is -0.718. The Kier molecular flexibility index (Phi) is 6.14. The fourth-order valence-electron chi connectivity index (χ4n) is 3.54. The lowest BCUT2D eigenvalue weighted by Crippen LogP contribution is -2.30. The molecule has 0 radical (unpaired) electrons. The Balaban J connectivity index is 1.50. The molecule has 2 aromatic carbocycles. The van der Waals surface area contributed by atoms with Gasteiger partial charge in [-0.3, -0.25) is 14.2 Å². The highest BCUT2D eigenvalue weighted by Crippen LogP contribution is 2.30. The average molecular weight is 454 g/mol. The first-order chi connectivity index (χ1) is 15.3. The number of aryl methyl sites for hydroxylation is 2. The highest BCUT2D eigenvalue weighted by molar-refractivity contribution is 7.17. The minimum Gasteiger partial charge on any atom is -0.349 e. The van der Waals surface area contributed by atoms with Gasteiger partial charge in [0.05, 0.1) is 17.8 Å². The monoisotopic (exact) mass is 453 g/mol. The third kappa shape index (κ3) is 4.45. The van der Waals surface area contributed by atoms with Crippen LogP contribution in [0.15, 0.2) is 59.0 Å². The number of carbonyl (C=O) groups is 1. The van der Waals surface area contributed by atoms with Gasteiger partial charge in [-0.15, -0.1) is 11.3 Å². The number of fused-ring (bicyclic) bond motifs is 1. The zero-order chi connectivity index (χ0) is 22.8. The topological polar surface area (TPSA) is 64.0 Å². The molecular weight excluding hydrogens is 432 g/mol. The largest absolute Gasteiger partial charge is 0.349 e. The Morgan fingerprint density at radius 1 is 1.19 bits per heavy atom. The van der Waals surface area contributed by atoms with E-state index in [0.717, 1.165) is 28.8 Å². The van der Waals surface area contributed by atoms with Gasteiger partial charge in [-0.2, -0.15) is 0 Å². The van der Waals surface area contributed by atoms with Crippen molar-refractivity contribution < 1.29 is 13.6 Å². The van der Waals surface area contributed by atoms with E-state index in [4.69, 9.17) is 0 Å². The van der Waals surface area contributed by atoms with E-state index in [1.807, 2.05) is 36.6 Å². The van der Waals surface area contributed by atoms with Crippen LogP contribution < -0.4 is 10.9 Å². The number of hydrogen-bond acceptors (Lipinski definition) is 4. The fraction of sp³-hybridized carbons (Fsp3) is 0.208. The number of hydrogen-bond donors (Lipinski definition) is 1. The molecule has 0 saturated heterocycles. The number of aromatic nitrogens is 2. The first-order valence-electron chi connectivity index (χ1n) is 10.1. The molecule has 2 heterocycles. The average Bonchev–Trinajstić information content (AvgIpc) is 3.18. The molecular formula is C24H21F2N3O2S. The Morgan fingerprint density at radius 3 is 2.66 bits per heavy atom. The number of carbonyl (C=O) groups excluding carboxylic acids is 1. The van der Waals surface area contributed by atoms with Crippen LogP contribution in [0.25, 0.3) is 21.3 Å². The van der Waals surface area contributed by atoms with Crippen molar-refractivity contribution >= 4 is 27.5 Å². The molecule has 0 saturated carbocycles. The van der Waals surface area contributed by atoms with Gasteiger partial charge >= 0.3 is 0 Å². The molecule has 164 valence electrons. The molecule has 1 atom stereocenters. The smallest absolute Gasteiger partial charge is 0.262 e. The van der Waals surface area contributed by atoms with Gasteiger partial charge in [-0.05, 0) is 25.5 Å². The van der Waals surface area contributed by atoms with Crippen LogP contribution in [0, 0.1) is 18.6 Å². The van der Waals surface area contributed by atoms with Gasteiger partial charge in [-0.25, -0.2) is 13.8 Å². The lowest BCUT2D eigenvalue weighted by atomic mass is 10.1. The molecule has 5 nitrogen and oxygen atoms in total. The zero-order valence-electron chi connectivity index (χ0n) is 17.6. The van der Waals surface area contributed by atoms with Crippen molar-refractivity contribution in [1.29, 1.82) is 0 Å². The van der Waals surface area contributed by atoms with Crippen molar-refractivity contribution in [1.82, 2.24) is 14.9 Å². The fourth-order valence-corrected chi connectivity index (χ4v) is 4.45. The molecule has 0 spiro atoms. The summed E-state index contributed by atoms with van der Waals surface area (Å²) in [6, 6.07) is 10.5. The van der Waals surface area contributed by atoms with Crippen molar-refractivity contribution in [2.75, 3.05) is 0 Å². The molecule has 2 aromatic heterocycles. The van der Waals surface area contributed by atoms with Crippen LogP contribution >= 0.6 is 11.3 Å². The van der Waals surface area contributed by atoms with Crippen LogP contribution in [-0.2, 0) is 11.3 Å². The number of halogens is 2. The second kappa shape index (κ2) is 9.00. The number of rotatable bonds is 6. The van der Waals surface area contributed by atoms with E-state index >= 15 is 0 Å². The Morgan fingerprint density at radius 2 is 1.94 bits per heavy atom. The van der Waals surface area contributed by atoms with Gasteiger partial charge < -0.3 is 5.32 Å². The number of nitrogens with zero attached hydrogens (tertiary/aromatic N) is 2. The lowest BCUT2D eigenvalue weighted by Gasteiger charge is -2.15. The second-order valence-corrected chi connectivity index (χ2v) is 8.50. The van der Waals surface area contributed by atoms with E-state index < -0.39 is 17.7 Å². The molecule has 0 aliphatic rings. The highest BCUT2D eigenvalue weighted by atomic mass is 32.1. The summed E-state index contributed by atoms with van der Waals surface area (Å²) in [5.41, 5.74) is 2.87. The van der Waals surface area contributed by atoms with E-state index in [2.05, 4.69) is 10.3 Å². The summed E-state index contributed by atoms with van der Waals surface area (Å²) in [7, 11) is 0. The third-order valence-corrected chi connectivity index (χ3v) is 6.20. The Hall–Kier alpha value is -3.39. The van der Waals surface area contributed by atoms with Crippen LogP contribution in [0.1, 0.15) is 30.5 Å². The van der Waals surface area contributed by atoms with Gasteiger partial charge in [0.15, 0.2) is 0 Å². The van der Waals surface area contributed by atoms with Crippen molar-refractivity contribution in [2.45, 2.75) is 32.9 Å². The molecule has 1 amide bonds. The minimum absolute atomic E-state index is 0.0181. The van der Waals surface area contributed by atoms with E-state index in [-0.39, 0.29) is 30.0 Å². The Labute approximate surface area is 187 Å². The summed E-state index contributed by atoms with van der Waals surface area (Å²) in [4.78, 5) is 30.5. The first-order valence-corrected chi connectivity index (χ1v) is 11.0. The number of benzene rings is 2. The maximum Gasteiger partial charge on any atom is 0.262 e. The molecule has 4 aromatic rings. The van der Waals surface area contributed by atoms with Crippen LogP contribution in [0.3, 0.4) is 0 Å². The molecule has 0 aliphatic carbocycles. The standard InChI is InChI=1S/C24H21F2N3O2S/c1-14-3-5-16(6-4-14)19-12-32-23-22(19)24(31)29(13-27-23)10-9-21(30)28-15(2)18-8-7-17(25)11-20(18)26/h3-8,11-13,15H,9-10H2,1-2H3,(H,28,30). The summed E-state index contributed by atoms with van der Waals surface area (Å²) in [5.74, 6) is -1.74. The molecule has 4 rings (SSSR count). The second-order valence-electron chi connectivity index (χ2n) is 7.64. The highest BCUT2D eigenvalue weighted by Gasteiger charge is 2.16. The lowest BCUT2D eigenvalue weighted by molar-refractivity contribution is -0.122. The molecule has 32 heavy (non-hydrogen) atoms. The summed E-state index contributed by atoms with van der Waals surface area (Å²) in [5, 5.41) is 5.13. The van der Waals surface area contributed by atoms with Crippen molar-refractivity contribution in [3.8, 4) is 11.1 Å². The SMILES string of the molecule is Cc1ccc(-c2csc3ncn(CCC(=O)NC(C)c4ccc(F)cc4F)c(=O)c23)cc1. The van der Waals surface area contributed by atoms with Gasteiger partial charge in [0.25, 0.3) is 5.56 Å². The summed E-state index contributed by atoms with van der Waals surface area (Å²) < 4.78 is 28.4. The molecule has 8 heteroatoms. The van der Waals surface area contributed by atoms with Crippen LogP contribution in [-0.4, -0.2) is 15.5 Å². The van der Waals surface area contributed by atoms with Crippen LogP contribution in [0.2, 0.25) is 0 Å². The third-order valence-electron chi connectivity index (χ3n) is 5.31. The maximum atomic E-state index is 13.9. The molecule has 0 aliphatic heterocycles. The summed E-state index contributed by atoms with van der Waals surface area (Å²) in [6.45, 7) is 3.75. The summed E-state index contributed by atoms with van der Waals surface area (Å²) >= 11 is 1.40. The van der Waals surface area contributed by atoms with E-state index in [1.54, 1.807) is 6.92 Å². The van der Waals surface area contributed by atoms with E-state index in [0.29, 0.717) is 10.2 Å². The number of amides is 1. The van der Waals surface area contributed by atoms with Gasteiger partial charge in [0.2, 0.25) is 5.91 Å². The molecule has 0 bridgehead atoms. The maximum absolute atomic E-state index is 13.9. The summed E-state index contributed by atoms with van der Waals surface area (Å²) in [6.07, 6.45) is 1.46. The van der Waals surface area contributed by atoms with Crippen molar-refractivity contribution in [2.24, 2.45) is 0 Å². The molecule has 1 unspecified atom stereocenters. The van der Waals surface area contributed by atoms with E-state index in [9.17, 15) is 18.4 Å². The molecule has 1 N–H and O–H groups in total. The predicted octanol–water partition coefficient (Wildman–Crippen LogP) is 4.98. The normalized spacial score (nSPS) is 12.1. The van der Waals surface area contributed by atoms with Gasteiger partial charge in [-0.1, -0.05) is 35.9 Å². The van der Waals surface area contributed by atoms with Gasteiger partial charge in [0.1, 0.15) is 16.5 Å².